The van der Waals surface area contributed by atoms with E-state index < -0.39 is 0 Å². The first-order chi connectivity index (χ1) is 13.1. The van der Waals surface area contributed by atoms with Gasteiger partial charge in [-0.1, -0.05) is 84.9 Å². The van der Waals surface area contributed by atoms with E-state index in [9.17, 15) is 0 Å². The predicted molar refractivity (Wildman–Crippen MR) is 108 cm³/mol. The molecule has 0 radical (unpaired) electrons. The first-order valence-electron chi connectivity index (χ1n) is 8.26. The molecule has 4 heteroatoms. The van der Waals surface area contributed by atoms with Crippen LogP contribution in [0.3, 0.4) is 0 Å². The summed E-state index contributed by atoms with van der Waals surface area (Å²) in [5, 5.41) is 10.8. The molecule has 0 heterocycles. The summed E-state index contributed by atoms with van der Waals surface area (Å²) >= 11 is 0. The van der Waals surface area contributed by atoms with Crippen molar-refractivity contribution >= 4 is 12.2 Å². The Morgan fingerprint density at radius 2 is 0.852 bits per heavy atom. The van der Waals surface area contributed by atoms with Crippen molar-refractivity contribution in [1.82, 2.24) is 0 Å². The topological polar surface area (TPSA) is 81.8 Å². The molecule has 2 N–H and O–H groups in total. The average molecular weight is 360 g/mol. The number of aryl methyl sites for hydroxylation is 2. The second-order valence-corrected chi connectivity index (χ2v) is 5.44. The van der Waals surface area contributed by atoms with Crippen molar-refractivity contribution in [1.29, 1.82) is 10.8 Å². The number of carbonyl (C=O) groups excluding carboxylic acids is 2. The SMILES string of the molecule is Cc1ccccc1C.N=C=O.N=C=O.c1ccc(Cc2ccccc2)cc1. The highest BCUT2D eigenvalue weighted by Crippen LogP contribution is 2.07. The quantitative estimate of drug-likeness (QED) is 0.475. The Morgan fingerprint density at radius 3 is 1.11 bits per heavy atom. The Kier molecular flexibility index (Phi) is 13.8. The number of isocyanates is 2. The Labute approximate surface area is 160 Å². The van der Waals surface area contributed by atoms with Crippen molar-refractivity contribution in [2.75, 3.05) is 0 Å². The highest BCUT2D eigenvalue weighted by Gasteiger charge is 1.92. The van der Waals surface area contributed by atoms with Crippen LogP contribution >= 0.6 is 0 Å². The summed E-state index contributed by atoms with van der Waals surface area (Å²) in [4.78, 5) is 16.7. The molecule has 3 aromatic rings. The third-order valence-electron chi connectivity index (χ3n) is 3.52. The van der Waals surface area contributed by atoms with Gasteiger partial charge in [-0.25, -0.2) is 20.4 Å². The largest absolute Gasteiger partial charge is 0.231 e. The summed E-state index contributed by atoms with van der Waals surface area (Å²) in [6, 6.07) is 29.4. The molecule has 3 rings (SSSR count). The van der Waals surface area contributed by atoms with E-state index in [2.05, 4.69) is 98.8 Å². The third-order valence-corrected chi connectivity index (χ3v) is 3.52. The van der Waals surface area contributed by atoms with E-state index in [0.29, 0.717) is 0 Å². The number of hydrogen-bond acceptors (Lipinski definition) is 4. The van der Waals surface area contributed by atoms with Gasteiger partial charge in [-0.15, -0.1) is 0 Å². The van der Waals surface area contributed by atoms with Gasteiger partial charge in [0.15, 0.2) is 0 Å². The molecule has 0 saturated carbocycles. The van der Waals surface area contributed by atoms with Gasteiger partial charge < -0.3 is 0 Å². The van der Waals surface area contributed by atoms with Crippen LogP contribution in [0.15, 0.2) is 84.9 Å². The van der Waals surface area contributed by atoms with Gasteiger partial charge in [0.25, 0.3) is 0 Å². The minimum Gasteiger partial charge on any atom is -0.222 e. The van der Waals surface area contributed by atoms with Crippen LogP contribution < -0.4 is 0 Å². The van der Waals surface area contributed by atoms with Crippen LogP contribution in [0.25, 0.3) is 0 Å². The second-order valence-electron chi connectivity index (χ2n) is 5.44. The smallest absolute Gasteiger partial charge is 0.222 e. The van der Waals surface area contributed by atoms with Crippen LogP contribution in [0.1, 0.15) is 22.3 Å². The van der Waals surface area contributed by atoms with Gasteiger partial charge in [-0.2, -0.15) is 0 Å². The van der Waals surface area contributed by atoms with E-state index >= 15 is 0 Å². The van der Waals surface area contributed by atoms with Gasteiger partial charge in [0.2, 0.25) is 12.2 Å². The van der Waals surface area contributed by atoms with E-state index in [4.69, 9.17) is 20.4 Å². The maximum atomic E-state index is 8.35. The van der Waals surface area contributed by atoms with Crippen LogP contribution in [0.2, 0.25) is 0 Å². The van der Waals surface area contributed by atoms with Crippen molar-refractivity contribution in [3.63, 3.8) is 0 Å². The normalized spacial score (nSPS) is 8.07. The van der Waals surface area contributed by atoms with Gasteiger partial charge >= 0.3 is 0 Å². The summed E-state index contributed by atoms with van der Waals surface area (Å²) in [6.07, 6.45) is 2.53. The van der Waals surface area contributed by atoms with Gasteiger partial charge in [-0.3, -0.25) is 0 Å². The molecule has 0 atom stereocenters. The minimum atomic E-state index is 0.750. The molecule has 0 fully saturated rings. The first kappa shape index (κ1) is 23.4. The van der Waals surface area contributed by atoms with Crippen LogP contribution in [-0.2, 0) is 16.0 Å². The number of hydrogen-bond donors (Lipinski definition) is 2. The Hall–Kier alpha value is -3.58. The summed E-state index contributed by atoms with van der Waals surface area (Å²) in [5.74, 6) is 0. The number of nitrogens with one attached hydrogen (secondary N) is 2. The zero-order valence-corrected chi connectivity index (χ0v) is 15.6. The second kappa shape index (κ2) is 15.9. The molecule has 0 saturated heterocycles. The fraction of sp³-hybridized carbons (Fsp3) is 0.130. The molecule has 27 heavy (non-hydrogen) atoms. The molecular weight excluding hydrogens is 336 g/mol. The minimum absolute atomic E-state index is 0.750. The lowest BCUT2D eigenvalue weighted by atomic mass is 10.1. The Morgan fingerprint density at radius 1 is 0.593 bits per heavy atom. The molecule has 138 valence electrons. The molecule has 0 amide bonds. The Bertz CT molecular complexity index is 749. The van der Waals surface area contributed by atoms with Gasteiger partial charge in [0, 0.05) is 0 Å². The highest BCUT2D eigenvalue weighted by molar-refractivity contribution is 5.27. The fourth-order valence-corrected chi connectivity index (χ4v) is 2.09. The molecule has 3 aromatic carbocycles. The van der Waals surface area contributed by atoms with Crippen LogP contribution in [0.4, 0.5) is 0 Å². The van der Waals surface area contributed by atoms with E-state index in [1.165, 1.54) is 22.3 Å². The van der Waals surface area contributed by atoms with E-state index in [1.807, 2.05) is 0 Å². The van der Waals surface area contributed by atoms with Crippen molar-refractivity contribution in [2.45, 2.75) is 20.3 Å². The summed E-state index contributed by atoms with van der Waals surface area (Å²) in [5.41, 5.74) is 5.47. The monoisotopic (exact) mass is 360 g/mol. The van der Waals surface area contributed by atoms with E-state index in [-0.39, 0.29) is 0 Å². The third kappa shape index (κ3) is 12.4. The van der Waals surface area contributed by atoms with E-state index in [0.717, 1.165) is 18.6 Å². The Balaban J connectivity index is 0.000000413. The average Bonchev–Trinajstić information content (AvgIpc) is 2.68. The molecule has 4 nitrogen and oxygen atoms in total. The standard InChI is InChI=1S/C13H12.C8H10.2CHNO/c1-3-7-12(8-4-1)11-13-9-5-2-6-10-13;1-7-5-3-4-6-8(7)2;2*2-1-3/h1-10H,11H2;3-6H,1-2H3;2*2H. The molecule has 0 aliphatic carbocycles. The molecule has 0 aromatic heterocycles. The molecule has 0 spiro atoms. The zero-order valence-electron chi connectivity index (χ0n) is 15.6. The molecule has 0 aliphatic rings. The van der Waals surface area contributed by atoms with Crippen molar-refractivity contribution in [3.8, 4) is 0 Å². The van der Waals surface area contributed by atoms with Gasteiger partial charge in [0.1, 0.15) is 0 Å². The summed E-state index contributed by atoms with van der Waals surface area (Å²) in [6.45, 7) is 4.24. The summed E-state index contributed by atoms with van der Waals surface area (Å²) < 4.78 is 0. The summed E-state index contributed by atoms with van der Waals surface area (Å²) in [7, 11) is 0. The first-order valence-corrected chi connectivity index (χ1v) is 8.26. The molecular formula is C23H24N2O2. The number of rotatable bonds is 2. The van der Waals surface area contributed by atoms with Crippen LogP contribution in [0, 0.1) is 24.7 Å². The van der Waals surface area contributed by atoms with Crippen molar-refractivity contribution < 1.29 is 9.59 Å². The fourth-order valence-electron chi connectivity index (χ4n) is 2.09. The van der Waals surface area contributed by atoms with Gasteiger partial charge in [0.05, 0.1) is 0 Å². The van der Waals surface area contributed by atoms with Gasteiger partial charge in [-0.05, 0) is 42.5 Å². The number of benzene rings is 3. The van der Waals surface area contributed by atoms with Crippen LogP contribution in [-0.4, -0.2) is 12.2 Å². The lowest BCUT2D eigenvalue weighted by Crippen LogP contribution is -1.85. The van der Waals surface area contributed by atoms with Crippen LogP contribution in [0.5, 0.6) is 0 Å². The lowest BCUT2D eigenvalue weighted by molar-refractivity contribution is 0.562. The lowest BCUT2D eigenvalue weighted by Gasteiger charge is -2.00. The maximum absolute atomic E-state index is 8.35. The van der Waals surface area contributed by atoms with Crippen molar-refractivity contribution in [3.05, 3.63) is 107 Å². The molecule has 0 bridgehead atoms. The predicted octanol–water partition coefficient (Wildman–Crippen LogP) is 5.38. The zero-order chi connectivity index (χ0) is 20.3. The molecule has 0 aliphatic heterocycles. The van der Waals surface area contributed by atoms with E-state index in [1.54, 1.807) is 0 Å². The molecule has 0 unspecified atom stereocenters. The van der Waals surface area contributed by atoms with Crippen molar-refractivity contribution in [2.24, 2.45) is 0 Å². The maximum Gasteiger partial charge on any atom is 0.231 e. The highest BCUT2D eigenvalue weighted by atomic mass is 16.1.